The fraction of sp³-hybridized carbons (Fsp3) is 0.441. The average molecular weight is 582 g/mol. The smallest absolute Gasteiger partial charge is 0.229 e. The summed E-state index contributed by atoms with van der Waals surface area (Å²) in [5.74, 6) is 1.77. The highest BCUT2D eigenvalue weighted by Crippen LogP contribution is 2.20. The number of para-hydroxylation sites is 2. The van der Waals surface area contributed by atoms with Crippen molar-refractivity contribution >= 4 is 39.7 Å². The SMILES string of the molecule is CCCCN(CCCC)CCCNc1nc(NCCc2c[nH]c3ccccc23)nc(NCCc2c[nH]c3ccccc23)n1. The molecular weight excluding hydrogens is 534 g/mol. The van der Waals surface area contributed by atoms with Crippen LogP contribution in [0.2, 0.25) is 0 Å². The van der Waals surface area contributed by atoms with Gasteiger partial charge in [0.25, 0.3) is 0 Å². The van der Waals surface area contributed by atoms with E-state index >= 15 is 0 Å². The van der Waals surface area contributed by atoms with Gasteiger partial charge in [0.15, 0.2) is 0 Å². The zero-order valence-corrected chi connectivity index (χ0v) is 25.8. The summed E-state index contributed by atoms with van der Waals surface area (Å²) in [5.41, 5.74) is 4.88. The lowest BCUT2D eigenvalue weighted by molar-refractivity contribution is 0.264. The summed E-state index contributed by atoms with van der Waals surface area (Å²) in [7, 11) is 0. The third-order valence-corrected chi connectivity index (χ3v) is 7.93. The van der Waals surface area contributed by atoms with Crippen molar-refractivity contribution < 1.29 is 0 Å². The second-order valence-electron chi connectivity index (χ2n) is 11.2. The van der Waals surface area contributed by atoms with Crippen molar-refractivity contribution in [1.82, 2.24) is 29.8 Å². The molecule has 0 fully saturated rings. The first-order valence-electron chi connectivity index (χ1n) is 16.0. The molecule has 0 radical (unpaired) electrons. The molecule has 0 spiro atoms. The Hall–Kier alpha value is -4.11. The van der Waals surface area contributed by atoms with Crippen LogP contribution in [-0.4, -0.2) is 69.1 Å². The van der Waals surface area contributed by atoms with Gasteiger partial charge < -0.3 is 30.8 Å². The van der Waals surface area contributed by atoms with Crippen LogP contribution in [0.3, 0.4) is 0 Å². The fourth-order valence-corrected chi connectivity index (χ4v) is 5.51. The second-order valence-corrected chi connectivity index (χ2v) is 11.2. The largest absolute Gasteiger partial charge is 0.361 e. The summed E-state index contributed by atoms with van der Waals surface area (Å²) in [4.78, 5) is 23.5. The van der Waals surface area contributed by atoms with Crippen molar-refractivity contribution in [2.24, 2.45) is 0 Å². The van der Waals surface area contributed by atoms with Crippen LogP contribution in [0.4, 0.5) is 17.8 Å². The van der Waals surface area contributed by atoms with E-state index in [-0.39, 0.29) is 0 Å². The van der Waals surface area contributed by atoms with Gasteiger partial charge in [-0.05, 0) is 75.0 Å². The third-order valence-electron chi connectivity index (χ3n) is 7.93. The Kier molecular flexibility index (Phi) is 11.2. The van der Waals surface area contributed by atoms with Gasteiger partial charge in [-0.25, -0.2) is 0 Å². The molecule has 3 heterocycles. The van der Waals surface area contributed by atoms with E-state index in [1.165, 1.54) is 60.7 Å². The normalized spacial score (nSPS) is 11.5. The lowest BCUT2D eigenvalue weighted by Gasteiger charge is -2.22. The molecule has 0 saturated heterocycles. The molecule has 0 unspecified atom stereocenters. The van der Waals surface area contributed by atoms with Crippen molar-refractivity contribution in [2.45, 2.75) is 58.8 Å². The second kappa shape index (κ2) is 15.9. The van der Waals surface area contributed by atoms with E-state index in [9.17, 15) is 0 Å². The summed E-state index contributed by atoms with van der Waals surface area (Å²) in [5, 5.41) is 12.9. The molecule has 5 N–H and O–H groups in total. The number of hydrogen-bond acceptors (Lipinski definition) is 7. The van der Waals surface area contributed by atoms with Crippen LogP contribution in [-0.2, 0) is 12.8 Å². The van der Waals surface area contributed by atoms with Gasteiger partial charge >= 0.3 is 0 Å². The molecule has 9 nitrogen and oxygen atoms in total. The maximum atomic E-state index is 4.72. The maximum Gasteiger partial charge on any atom is 0.229 e. The lowest BCUT2D eigenvalue weighted by Crippen LogP contribution is -2.28. The number of aromatic nitrogens is 5. The van der Waals surface area contributed by atoms with Gasteiger partial charge in [-0.3, -0.25) is 0 Å². The molecule has 0 aliphatic carbocycles. The van der Waals surface area contributed by atoms with E-state index in [0.29, 0.717) is 17.8 Å². The van der Waals surface area contributed by atoms with Crippen LogP contribution in [0.15, 0.2) is 60.9 Å². The standard InChI is InChI=1S/C34H47N9/c1-3-5-21-43(22-6-4-2)23-11-18-35-32-40-33(36-19-16-26-24-38-30-14-9-7-12-28(26)30)42-34(41-32)37-20-17-27-25-39-31-15-10-8-13-29(27)31/h7-10,12-15,24-25,38-39H,3-6,11,16-23H2,1-2H3,(H3,35,36,37,40,41,42). The van der Waals surface area contributed by atoms with Crippen molar-refractivity contribution in [3.8, 4) is 0 Å². The molecule has 2 aromatic carbocycles. The minimum Gasteiger partial charge on any atom is -0.361 e. The number of unbranched alkanes of at least 4 members (excludes halogenated alkanes) is 2. The van der Waals surface area contributed by atoms with E-state index in [1.807, 2.05) is 0 Å². The number of rotatable bonds is 19. The first kappa shape index (κ1) is 30.4. The van der Waals surface area contributed by atoms with Crippen LogP contribution < -0.4 is 16.0 Å². The number of H-pyrrole nitrogens is 2. The number of aromatic amines is 2. The van der Waals surface area contributed by atoms with Gasteiger partial charge in [0.05, 0.1) is 0 Å². The summed E-state index contributed by atoms with van der Waals surface area (Å²) in [6, 6.07) is 16.8. The van der Waals surface area contributed by atoms with Gasteiger partial charge in [0.2, 0.25) is 17.8 Å². The molecule has 5 aromatic rings. The Morgan fingerprint density at radius 3 is 1.51 bits per heavy atom. The molecule has 5 rings (SSSR count). The molecule has 43 heavy (non-hydrogen) atoms. The van der Waals surface area contributed by atoms with Crippen LogP contribution in [0, 0.1) is 0 Å². The number of hydrogen-bond donors (Lipinski definition) is 5. The van der Waals surface area contributed by atoms with E-state index in [4.69, 9.17) is 15.0 Å². The molecule has 0 bridgehead atoms. The Bertz CT molecular complexity index is 1430. The molecular formula is C34H47N9. The average Bonchev–Trinajstić information content (AvgIpc) is 3.64. The Labute approximate surface area is 255 Å². The summed E-state index contributed by atoms with van der Waals surface area (Å²) >= 11 is 0. The zero-order valence-electron chi connectivity index (χ0n) is 25.8. The fourth-order valence-electron chi connectivity index (χ4n) is 5.51. The number of nitrogens with one attached hydrogen (secondary N) is 5. The highest BCUT2D eigenvalue weighted by atomic mass is 15.3. The molecule has 0 atom stereocenters. The van der Waals surface area contributed by atoms with Crippen LogP contribution in [0.5, 0.6) is 0 Å². The van der Waals surface area contributed by atoms with Crippen LogP contribution >= 0.6 is 0 Å². The van der Waals surface area contributed by atoms with Gasteiger partial charge in [-0.2, -0.15) is 15.0 Å². The Morgan fingerprint density at radius 2 is 1.02 bits per heavy atom. The summed E-state index contributed by atoms with van der Waals surface area (Å²) in [6.45, 7) is 10.2. The third kappa shape index (κ3) is 8.70. The molecule has 3 aromatic heterocycles. The van der Waals surface area contributed by atoms with Crippen molar-refractivity contribution in [3.05, 3.63) is 72.1 Å². The van der Waals surface area contributed by atoms with E-state index < -0.39 is 0 Å². The number of benzene rings is 2. The molecule has 9 heteroatoms. The quantitative estimate of drug-likeness (QED) is 0.0679. The van der Waals surface area contributed by atoms with Crippen molar-refractivity contribution in [1.29, 1.82) is 0 Å². The van der Waals surface area contributed by atoms with Gasteiger partial charge in [0.1, 0.15) is 0 Å². The maximum absolute atomic E-state index is 4.72. The predicted molar refractivity (Wildman–Crippen MR) is 180 cm³/mol. The summed E-state index contributed by atoms with van der Waals surface area (Å²) < 4.78 is 0. The minimum atomic E-state index is 0.583. The predicted octanol–water partition coefficient (Wildman–Crippen LogP) is 6.85. The molecule has 0 saturated carbocycles. The van der Waals surface area contributed by atoms with Crippen LogP contribution in [0.1, 0.15) is 57.1 Å². The molecule has 0 amide bonds. The Morgan fingerprint density at radius 1 is 0.581 bits per heavy atom. The number of anilines is 3. The monoisotopic (exact) mass is 581 g/mol. The molecule has 228 valence electrons. The van der Waals surface area contributed by atoms with E-state index in [0.717, 1.165) is 56.5 Å². The van der Waals surface area contributed by atoms with Crippen molar-refractivity contribution in [2.75, 3.05) is 55.2 Å². The first-order valence-corrected chi connectivity index (χ1v) is 16.0. The van der Waals surface area contributed by atoms with Gasteiger partial charge in [-0.15, -0.1) is 0 Å². The highest BCUT2D eigenvalue weighted by molar-refractivity contribution is 5.83. The Balaban J connectivity index is 1.20. The van der Waals surface area contributed by atoms with Crippen molar-refractivity contribution in [3.63, 3.8) is 0 Å². The van der Waals surface area contributed by atoms with Gasteiger partial charge in [0, 0.05) is 53.8 Å². The first-order chi connectivity index (χ1) is 21.2. The number of fused-ring (bicyclic) bond motifs is 2. The zero-order chi connectivity index (χ0) is 29.7. The topological polar surface area (TPSA) is 110 Å². The molecule has 0 aliphatic rings. The van der Waals surface area contributed by atoms with E-state index in [2.05, 4.69) is 106 Å². The summed E-state index contributed by atoms with van der Waals surface area (Å²) in [6.07, 6.45) is 11.9. The molecule has 0 aliphatic heterocycles. The van der Waals surface area contributed by atoms with Crippen LogP contribution in [0.25, 0.3) is 21.8 Å². The highest BCUT2D eigenvalue weighted by Gasteiger charge is 2.10. The van der Waals surface area contributed by atoms with E-state index in [1.54, 1.807) is 0 Å². The minimum absolute atomic E-state index is 0.583. The lowest BCUT2D eigenvalue weighted by atomic mass is 10.1. The number of nitrogens with zero attached hydrogens (tertiary/aromatic N) is 4. The van der Waals surface area contributed by atoms with Gasteiger partial charge in [-0.1, -0.05) is 63.1 Å².